The zero-order valence-electron chi connectivity index (χ0n) is 10.2. The van der Waals surface area contributed by atoms with E-state index in [2.05, 4.69) is 24.3 Å². The van der Waals surface area contributed by atoms with E-state index in [0.29, 0.717) is 0 Å². The first-order valence-electron chi connectivity index (χ1n) is 6.68. The maximum atomic E-state index is 5.26. The van der Waals surface area contributed by atoms with Crippen LogP contribution in [0.5, 0.6) is 0 Å². The molecule has 1 saturated carbocycles. The molecular formula is C15H20OS. The second-order valence-electron chi connectivity index (χ2n) is 5.48. The van der Waals surface area contributed by atoms with E-state index in [4.69, 9.17) is 17.4 Å². The molecule has 0 spiro atoms. The summed E-state index contributed by atoms with van der Waals surface area (Å²) in [6.45, 7) is 1.50. The SMILES string of the molecule is SC1(c2ccc(C3CCCCC3)cc2)COC1. The average molecular weight is 248 g/mol. The van der Waals surface area contributed by atoms with Crippen LogP contribution in [0, 0.1) is 0 Å². The third kappa shape index (κ3) is 2.25. The van der Waals surface area contributed by atoms with Gasteiger partial charge < -0.3 is 4.74 Å². The Kier molecular flexibility index (Phi) is 3.18. The molecule has 1 aromatic carbocycles. The zero-order chi connectivity index (χ0) is 11.7. The van der Waals surface area contributed by atoms with Crippen LogP contribution in [0.3, 0.4) is 0 Å². The zero-order valence-corrected chi connectivity index (χ0v) is 11.1. The molecule has 1 aliphatic heterocycles. The van der Waals surface area contributed by atoms with Crippen LogP contribution in [0.15, 0.2) is 24.3 Å². The molecule has 0 atom stereocenters. The summed E-state index contributed by atoms with van der Waals surface area (Å²) >= 11 is 4.70. The average Bonchev–Trinajstić information content (AvgIpc) is 2.37. The molecular weight excluding hydrogens is 228 g/mol. The fourth-order valence-corrected chi connectivity index (χ4v) is 3.30. The van der Waals surface area contributed by atoms with Gasteiger partial charge in [-0.05, 0) is 29.9 Å². The molecule has 2 heteroatoms. The van der Waals surface area contributed by atoms with Gasteiger partial charge in [0.1, 0.15) is 0 Å². The normalized spacial score (nSPS) is 24.3. The first kappa shape index (κ1) is 11.6. The van der Waals surface area contributed by atoms with Crippen molar-refractivity contribution in [2.24, 2.45) is 0 Å². The molecule has 1 nitrogen and oxygen atoms in total. The van der Waals surface area contributed by atoms with Gasteiger partial charge in [0, 0.05) is 0 Å². The van der Waals surface area contributed by atoms with Gasteiger partial charge in [-0.25, -0.2) is 0 Å². The van der Waals surface area contributed by atoms with Gasteiger partial charge in [0.15, 0.2) is 0 Å². The van der Waals surface area contributed by atoms with Crippen molar-refractivity contribution >= 4 is 12.6 Å². The van der Waals surface area contributed by atoms with Gasteiger partial charge in [-0.2, -0.15) is 12.6 Å². The Bertz CT molecular complexity index is 374. The van der Waals surface area contributed by atoms with Crippen molar-refractivity contribution in [3.05, 3.63) is 35.4 Å². The van der Waals surface area contributed by atoms with Crippen LogP contribution in [0.1, 0.15) is 49.1 Å². The third-order valence-corrected chi connectivity index (χ3v) is 4.72. The van der Waals surface area contributed by atoms with E-state index in [1.807, 2.05) is 0 Å². The van der Waals surface area contributed by atoms with Gasteiger partial charge in [-0.15, -0.1) is 0 Å². The van der Waals surface area contributed by atoms with Crippen molar-refractivity contribution < 1.29 is 4.74 Å². The molecule has 17 heavy (non-hydrogen) atoms. The van der Waals surface area contributed by atoms with Gasteiger partial charge in [0.05, 0.1) is 18.0 Å². The smallest absolute Gasteiger partial charge is 0.0844 e. The summed E-state index contributed by atoms with van der Waals surface area (Å²) in [6, 6.07) is 9.11. The van der Waals surface area contributed by atoms with E-state index in [0.717, 1.165) is 19.1 Å². The van der Waals surface area contributed by atoms with Crippen LogP contribution in [0.25, 0.3) is 0 Å². The van der Waals surface area contributed by atoms with E-state index >= 15 is 0 Å². The lowest BCUT2D eigenvalue weighted by Crippen LogP contribution is -2.41. The Balaban J connectivity index is 1.75. The van der Waals surface area contributed by atoms with Gasteiger partial charge >= 0.3 is 0 Å². The van der Waals surface area contributed by atoms with E-state index < -0.39 is 0 Å². The quantitative estimate of drug-likeness (QED) is 0.781. The number of hydrogen-bond acceptors (Lipinski definition) is 2. The molecule has 1 aromatic rings. The Labute approximate surface area is 109 Å². The first-order chi connectivity index (χ1) is 8.28. The molecule has 1 saturated heterocycles. The summed E-state index contributed by atoms with van der Waals surface area (Å²) in [4.78, 5) is 0. The number of thiol groups is 1. The molecule has 2 aliphatic rings. The molecule has 2 fully saturated rings. The monoisotopic (exact) mass is 248 g/mol. The number of hydrogen-bond donors (Lipinski definition) is 1. The van der Waals surface area contributed by atoms with Crippen LogP contribution in [-0.4, -0.2) is 13.2 Å². The molecule has 1 aliphatic carbocycles. The van der Waals surface area contributed by atoms with E-state index in [1.54, 1.807) is 0 Å². The molecule has 0 unspecified atom stereocenters. The summed E-state index contributed by atoms with van der Waals surface area (Å²) in [6.07, 6.45) is 6.96. The van der Waals surface area contributed by atoms with Gasteiger partial charge in [-0.1, -0.05) is 43.5 Å². The lowest BCUT2D eigenvalue weighted by molar-refractivity contribution is -0.00970. The molecule has 0 amide bonds. The van der Waals surface area contributed by atoms with Crippen molar-refractivity contribution in [2.75, 3.05) is 13.2 Å². The maximum Gasteiger partial charge on any atom is 0.0844 e. The van der Waals surface area contributed by atoms with E-state index in [9.17, 15) is 0 Å². The number of rotatable bonds is 2. The van der Waals surface area contributed by atoms with Gasteiger partial charge in [0.25, 0.3) is 0 Å². The highest BCUT2D eigenvalue weighted by molar-refractivity contribution is 7.81. The molecule has 1 heterocycles. The Morgan fingerprint density at radius 3 is 2.18 bits per heavy atom. The molecule has 0 radical (unpaired) electrons. The molecule has 3 rings (SSSR count). The fraction of sp³-hybridized carbons (Fsp3) is 0.600. The number of benzene rings is 1. The lowest BCUT2D eigenvalue weighted by atomic mass is 9.83. The molecule has 0 aromatic heterocycles. The van der Waals surface area contributed by atoms with Crippen LogP contribution in [-0.2, 0) is 9.48 Å². The topological polar surface area (TPSA) is 9.23 Å². The van der Waals surface area contributed by atoms with E-state index in [-0.39, 0.29) is 4.75 Å². The van der Waals surface area contributed by atoms with Crippen LogP contribution in [0.2, 0.25) is 0 Å². The first-order valence-corrected chi connectivity index (χ1v) is 7.13. The van der Waals surface area contributed by atoms with E-state index in [1.165, 1.54) is 43.2 Å². The summed E-state index contributed by atoms with van der Waals surface area (Å²) in [5, 5.41) is 0. The molecule has 92 valence electrons. The summed E-state index contributed by atoms with van der Waals surface area (Å²) in [5.74, 6) is 0.798. The second-order valence-corrected chi connectivity index (χ2v) is 6.34. The van der Waals surface area contributed by atoms with Gasteiger partial charge in [-0.3, -0.25) is 0 Å². The highest BCUT2D eigenvalue weighted by Crippen LogP contribution is 2.38. The van der Waals surface area contributed by atoms with Crippen LogP contribution >= 0.6 is 12.6 Å². The molecule has 0 bridgehead atoms. The molecule has 0 N–H and O–H groups in total. The minimum atomic E-state index is -0.0227. The Hall–Kier alpha value is -0.470. The van der Waals surface area contributed by atoms with Crippen molar-refractivity contribution in [3.63, 3.8) is 0 Å². The van der Waals surface area contributed by atoms with Gasteiger partial charge in [0.2, 0.25) is 0 Å². The second kappa shape index (κ2) is 4.66. The minimum absolute atomic E-state index is 0.0227. The Morgan fingerprint density at radius 1 is 1.00 bits per heavy atom. The highest BCUT2D eigenvalue weighted by atomic mass is 32.1. The summed E-state index contributed by atoms with van der Waals surface area (Å²) < 4.78 is 5.24. The van der Waals surface area contributed by atoms with Crippen LogP contribution < -0.4 is 0 Å². The van der Waals surface area contributed by atoms with Crippen molar-refractivity contribution in [1.29, 1.82) is 0 Å². The number of ether oxygens (including phenoxy) is 1. The Morgan fingerprint density at radius 2 is 1.65 bits per heavy atom. The van der Waals surface area contributed by atoms with Crippen molar-refractivity contribution in [3.8, 4) is 0 Å². The minimum Gasteiger partial charge on any atom is -0.378 e. The van der Waals surface area contributed by atoms with Crippen molar-refractivity contribution in [1.82, 2.24) is 0 Å². The highest BCUT2D eigenvalue weighted by Gasteiger charge is 2.36. The summed E-state index contributed by atoms with van der Waals surface area (Å²) in [7, 11) is 0. The maximum absolute atomic E-state index is 5.26. The lowest BCUT2D eigenvalue weighted by Gasteiger charge is -2.37. The third-order valence-electron chi connectivity index (χ3n) is 4.21. The standard InChI is InChI=1S/C15H20OS/c17-15(10-16-11-15)14-8-6-13(7-9-14)12-4-2-1-3-5-12/h6-9,12,17H,1-5,10-11H2. The predicted octanol–water partition coefficient (Wildman–Crippen LogP) is 3.89. The van der Waals surface area contributed by atoms with Crippen LogP contribution in [0.4, 0.5) is 0 Å². The van der Waals surface area contributed by atoms with Crippen molar-refractivity contribution in [2.45, 2.75) is 42.8 Å². The predicted molar refractivity (Wildman–Crippen MR) is 73.8 cm³/mol. The fourth-order valence-electron chi connectivity index (χ4n) is 2.96. The largest absolute Gasteiger partial charge is 0.378 e. The summed E-state index contributed by atoms with van der Waals surface area (Å²) in [5.41, 5.74) is 2.83.